The lowest BCUT2D eigenvalue weighted by Gasteiger charge is -2.10. The van der Waals surface area contributed by atoms with E-state index < -0.39 is 0 Å². The molecule has 0 saturated heterocycles. The molecule has 0 saturated carbocycles. The molecule has 0 spiro atoms. The Kier molecular flexibility index (Phi) is 2.78. The number of rotatable bonds is 1. The van der Waals surface area contributed by atoms with Gasteiger partial charge in [-0.05, 0) is 44.2 Å². The van der Waals surface area contributed by atoms with E-state index in [9.17, 15) is 4.79 Å². The number of benzene rings is 1. The van der Waals surface area contributed by atoms with Gasteiger partial charge in [0.05, 0.1) is 0 Å². The molecule has 1 aliphatic heterocycles. The fraction of sp³-hybridized carbons (Fsp3) is 0.312. The average molecular weight is 240 g/mol. The highest BCUT2D eigenvalue weighted by molar-refractivity contribution is 5.95. The highest BCUT2D eigenvalue weighted by atomic mass is 16.5. The molecule has 0 radical (unpaired) electrons. The molecule has 0 aromatic heterocycles. The van der Waals surface area contributed by atoms with E-state index >= 15 is 0 Å². The van der Waals surface area contributed by atoms with Gasteiger partial charge in [0.1, 0.15) is 5.76 Å². The van der Waals surface area contributed by atoms with Crippen LogP contribution in [-0.4, -0.2) is 5.97 Å². The molecule has 0 amide bonds. The topological polar surface area (TPSA) is 26.3 Å². The van der Waals surface area contributed by atoms with Crippen molar-refractivity contribution in [1.82, 2.24) is 0 Å². The minimum atomic E-state index is -0.136. The molecule has 3 rings (SSSR count). The van der Waals surface area contributed by atoms with E-state index in [2.05, 4.69) is 19.1 Å². The molecule has 1 heterocycles. The number of esters is 1. The quantitative estimate of drug-likeness (QED) is 0.698. The third-order valence-electron chi connectivity index (χ3n) is 3.55. The zero-order chi connectivity index (χ0) is 12.5. The summed E-state index contributed by atoms with van der Waals surface area (Å²) in [6.07, 6.45) is 6.09. The van der Waals surface area contributed by atoms with Crippen LogP contribution in [0.4, 0.5) is 0 Å². The van der Waals surface area contributed by atoms with Crippen LogP contribution in [0.15, 0.2) is 41.2 Å². The SMILES string of the molecule is Cc1cccc(C=C2OC(=O)C3=C2CCCC3)c1. The number of carbonyl (C=O) groups excluding carboxylic acids is 1. The average Bonchev–Trinajstić information content (AvgIpc) is 2.67. The molecule has 0 unspecified atom stereocenters. The van der Waals surface area contributed by atoms with Gasteiger partial charge < -0.3 is 4.74 Å². The molecule has 2 nitrogen and oxygen atoms in total. The summed E-state index contributed by atoms with van der Waals surface area (Å²) in [5, 5.41) is 0. The molecule has 18 heavy (non-hydrogen) atoms. The van der Waals surface area contributed by atoms with Crippen molar-refractivity contribution < 1.29 is 9.53 Å². The summed E-state index contributed by atoms with van der Waals surface area (Å²) in [5.74, 6) is 0.629. The van der Waals surface area contributed by atoms with Crippen LogP contribution in [0.1, 0.15) is 36.8 Å². The van der Waals surface area contributed by atoms with E-state index in [-0.39, 0.29) is 5.97 Å². The summed E-state index contributed by atoms with van der Waals surface area (Å²) < 4.78 is 5.40. The van der Waals surface area contributed by atoms with Crippen molar-refractivity contribution in [3.63, 3.8) is 0 Å². The van der Waals surface area contributed by atoms with Crippen LogP contribution < -0.4 is 0 Å². The maximum absolute atomic E-state index is 11.8. The summed E-state index contributed by atoms with van der Waals surface area (Å²) in [4.78, 5) is 11.8. The second-order valence-corrected chi connectivity index (χ2v) is 4.98. The highest BCUT2D eigenvalue weighted by Crippen LogP contribution is 2.37. The van der Waals surface area contributed by atoms with Gasteiger partial charge in [-0.1, -0.05) is 29.8 Å². The summed E-state index contributed by atoms with van der Waals surface area (Å²) in [6, 6.07) is 8.22. The standard InChI is InChI=1S/C16H16O2/c1-11-5-4-6-12(9-11)10-15-13-7-2-3-8-14(13)16(17)18-15/h4-6,9-10H,2-3,7-8H2,1H3. The first kappa shape index (κ1) is 11.3. The zero-order valence-electron chi connectivity index (χ0n) is 10.5. The number of ether oxygens (including phenoxy) is 1. The molecule has 0 fully saturated rings. The molecule has 0 bridgehead atoms. The van der Waals surface area contributed by atoms with Crippen molar-refractivity contribution in [2.24, 2.45) is 0 Å². The summed E-state index contributed by atoms with van der Waals surface area (Å²) >= 11 is 0. The lowest BCUT2D eigenvalue weighted by atomic mass is 9.92. The normalized spacial score (nSPS) is 21.2. The Hall–Kier alpha value is -1.83. The van der Waals surface area contributed by atoms with Crippen molar-refractivity contribution >= 4 is 12.0 Å². The minimum Gasteiger partial charge on any atom is -0.423 e. The molecular formula is C16H16O2. The molecule has 0 N–H and O–H groups in total. The smallest absolute Gasteiger partial charge is 0.339 e. The molecule has 1 aromatic rings. The van der Waals surface area contributed by atoms with Crippen molar-refractivity contribution in [3.05, 3.63) is 52.3 Å². The molecular weight excluding hydrogens is 224 g/mol. The van der Waals surface area contributed by atoms with Crippen molar-refractivity contribution in [1.29, 1.82) is 0 Å². The highest BCUT2D eigenvalue weighted by Gasteiger charge is 2.30. The third-order valence-corrected chi connectivity index (χ3v) is 3.55. The van der Waals surface area contributed by atoms with Crippen molar-refractivity contribution in [3.8, 4) is 0 Å². The van der Waals surface area contributed by atoms with Crippen molar-refractivity contribution in [2.75, 3.05) is 0 Å². The molecule has 1 aromatic carbocycles. The van der Waals surface area contributed by atoms with Gasteiger partial charge in [0.15, 0.2) is 0 Å². The fourth-order valence-corrected chi connectivity index (χ4v) is 2.65. The Morgan fingerprint density at radius 3 is 2.72 bits per heavy atom. The van der Waals surface area contributed by atoms with E-state index in [1.54, 1.807) is 0 Å². The first-order valence-corrected chi connectivity index (χ1v) is 6.47. The summed E-state index contributed by atoms with van der Waals surface area (Å²) in [5.41, 5.74) is 4.34. The second-order valence-electron chi connectivity index (χ2n) is 4.98. The van der Waals surface area contributed by atoms with E-state index in [0.29, 0.717) is 0 Å². The van der Waals surface area contributed by atoms with E-state index in [0.717, 1.165) is 48.2 Å². The van der Waals surface area contributed by atoms with E-state index in [4.69, 9.17) is 4.74 Å². The maximum atomic E-state index is 11.8. The van der Waals surface area contributed by atoms with Gasteiger partial charge >= 0.3 is 5.97 Å². The Morgan fingerprint density at radius 2 is 1.94 bits per heavy atom. The van der Waals surface area contributed by atoms with Gasteiger partial charge in [-0.25, -0.2) is 4.79 Å². The predicted octanol–water partition coefficient (Wildman–Crippen LogP) is 3.76. The largest absolute Gasteiger partial charge is 0.423 e. The number of aryl methyl sites for hydroxylation is 1. The zero-order valence-corrected chi connectivity index (χ0v) is 10.5. The fourth-order valence-electron chi connectivity index (χ4n) is 2.65. The van der Waals surface area contributed by atoms with Crippen LogP contribution in [-0.2, 0) is 9.53 Å². The van der Waals surface area contributed by atoms with Crippen molar-refractivity contribution in [2.45, 2.75) is 32.6 Å². The molecule has 2 aliphatic rings. The molecule has 2 heteroatoms. The van der Waals surface area contributed by atoms with Crippen LogP contribution in [0.25, 0.3) is 6.08 Å². The first-order valence-electron chi connectivity index (χ1n) is 6.47. The third kappa shape index (κ3) is 1.99. The number of hydrogen-bond acceptors (Lipinski definition) is 2. The van der Waals surface area contributed by atoms with Crippen LogP contribution in [0, 0.1) is 6.92 Å². The van der Waals surface area contributed by atoms with Gasteiger partial charge in [-0.3, -0.25) is 0 Å². The molecule has 0 atom stereocenters. The number of allylic oxidation sites excluding steroid dienone is 1. The van der Waals surface area contributed by atoms with Crippen LogP contribution in [0.5, 0.6) is 0 Å². The van der Waals surface area contributed by atoms with Gasteiger partial charge in [0, 0.05) is 11.1 Å². The van der Waals surface area contributed by atoms with Gasteiger partial charge in [0.2, 0.25) is 0 Å². The summed E-state index contributed by atoms with van der Waals surface area (Å²) in [6.45, 7) is 2.06. The van der Waals surface area contributed by atoms with Gasteiger partial charge in [-0.2, -0.15) is 0 Å². The number of cyclic esters (lactones) is 1. The van der Waals surface area contributed by atoms with Crippen LogP contribution >= 0.6 is 0 Å². The van der Waals surface area contributed by atoms with E-state index in [1.807, 2.05) is 18.2 Å². The lowest BCUT2D eigenvalue weighted by Crippen LogP contribution is -2.01. The van der Waals surface area contributed by atoms with Crippen LogP contribution in [0.3, 0.4) is 0 Å². The van der Waals surface area contributed by atoms with Crippen LogP contribution in [0.2, 0.25) is 0 Å². The second kappa shape index (κ2) is 4.45. The van der Waals surface area contributed by atoms with Gasteiger partial charge in [-0.15, -0.1) is 0 Å². The van der Waals surface area contributed by atoms with Gasteiger partial charge in [0.25, 0.3) is 0 Å². The Morgan fingerprint density at radius 1 is 1.17 bits per heavy atom. The summed E-state index contributed by atoms with van der Waals surface area (Å²) in [7, 11) is 0. The maximum Gasteiger partial charge on any atom is 0.339 e. The lowest BCUT2D eigenvalue weighted by molar-refractivity contribution is -0.133. The van der Waals surface area contributed by atoms with E-state index in [1.165, 1.54) is 5.56 Å². The first-order chi connectivity index (χ1) is 8.74. The molecule has 92 valence electrons. The number of carbonyl (C=O) groups is 1. The predicted molar refractivity (Wildman–Crippen MR) is 70.7 cm³/mol. The number of hydrogen-bond donors (Lipinski definition) is 0. The Labute approximate surface area is 107 Å². The minimum absolute atomic E-state index is 0.136. The Bertz CT molecular complexity index is 564. The Balaban J connectivity index is 1.98. The monoisotopic (exact) mass is 240 g/mol. The molecule has 1 aliphatic carbocycles.